The summed E-state index contributed by atoms with van der Waals surface area (Å²) in [5.41, 5.74) is 5.74. The van der Waals surface area contributed by atoms with Gasteiger partial charge in [0.1, 0.15) is 6.17 Å². The average Bonchev–Trinajstić information content (AvgIpc) is 3.32. The van der Waals surface area contributed by atoms with E-state index in [4.69, 9.17) is 5.73 Å². The fourth-order valence-corrected chi connectivity index (χ4v) is 4.47. The number of nitrogens with two attached hydrogens (primary N) is 1. The van der Waals surface area contributed by atoms with Crippen LogP contribution in [0.3, 0.4) is 0 Å². The SMILES string of the molecule is CC1=c2c(c(=O)[nH]c(=O)n2C2CC2)=CC(F)C1N1CCC(C(N)CO)C1. The van der Waals surface area contributed by atoms with Gasteiger partial charge in [-0.25, -0.2) is 9.18 Å². The zero-order chi connectivity index (χ0) is 18.6. The van der Waals surface area contributed by atoms with Crippen LogP contribution < -0.4 is 27.6 Å². The smallest absolute Gasteiger partial charge is 0.329 e. The van der Waals surface area contributed by atoms with Crippen LogP contribution in [0.25, 0.3) is 11.6 Å². The third-order valence-electron chi connectivity index (χ3n) is 6.00. The van der Waals surface area contributed by atoms with E-state index in [2.05, 4.69) is 4.98 Å². The van der Waals surface area contributed by atoms with Gasteiger partial charge in [0, 0.05) is 18.6 Å². The summed E-state index contributed by atoms with van der Waals surface area (Å²) in [5.74, 6) is 0.117. The number of nitrogens with zero attached hydrogens (tertiary/aromatic N) is 2. The van der Waals surface area contributed by atoms with Crippen molar-refractivity contribution in [1.82, 2.24) is 14.5 Å². The molecule has 1 aromatic heterocycles. The lowest BCUT2D eigenvalue weighted by molar-refractivity contribution is 0.187. The molecule has 7 nitrogen and oxygen atoms in total. The zero-order valence-electron chi connectivity index (χ0n) is 14.8. The number of halogens is 1. The number of H-pyrrole nitrogens is 1. The Labute approximate surface area is 149 Å². The van der Waals surface area contributed by atoms with Gasteiger partial charge < -0.3 is 10.8 Å². The summed E-state index contributed by atoms with van der Waals surface area (Å²) < 4.78 is 16.7. The van der Waals surface area contributed by atoms with E-state index in [1.165, 1.54) is 6.08 Å². The summed E-state index contributed by atoms with van der Waals surface area (Å²) in [7, 11) is 0. The maximum atomic E-state index is 15.0. The van der Waals surface area contributed by atoms with E-state index >= 15 is 4.39 Å². The van der Waals surface area contributed by atoms with Crippen LogP contribution in [0, 0.1) is 5.92 Å². The van der Waals surface area contributed by atoms with E-state index in [-0.39, 0.29) is 29.8 Å². The number of aromatic nitrogens is 2. The normalized spacial score (nSPS) is 30.2. The van der Waals surface area contributed by atoms with Crippen molar-refractivity contribution in [3.05, 3.63) is 31.4 Å². The van der Waals surface area contributed by atoms with E-state index in [1.54, 1.807) is 4.57 Å². The maximum Gasteiger partial charge on any atom is 0.329 e. The van der Waals surface area contributed by atoms with Crippen molar-refractivity contribution in [1.29, 1.82) is 0 Å². The molecule has 2 fully saturated rings. The maximum absolute atomic E-state index is 15.0. The van der Waals surface area contributed by atoms with Gasteiger partial charge in [-0.2, -0.15) is 0 Å². The molecule has 0 bridgehead atoms. The fraction of sp³-hybridized carbons (Fsp3) is 0.667. The van der Waals surface area contributed by atoms with Crippen LogP contribution >= 0.6 is 0 Å². The third kappa shape index (κ3) is 2.76. The molecule has 3 aliphatic rings. The van der Waals surface area contributed by atoms with Gasteiger partial charge in [0.05, 0.1) is 23.2 Å². The monoisotopic (exact) mass is 364 g/mol. The molecule has 0 amide bonds. The standard InChI is InChI=1S/C18H25FN4O3/c1-9-15-12(17(25)21-18(26)23(15)11-2-3-11)6-13(19)16(9)22-5-4-10(7-22)14(20)8-24/h6,10-11,13-14,16,24H,2-5,7-8,20H2,1H3,(H,21,25,26). The number of alkyl halides is 1. The van der Waals surface area contributed by atoms with E-state index in [1.807, 2.05) is 11.8 Å². The molecule has 1 saturated carbocycles. The second-order valence-corrected chi connectivity index (χ2v) is 7.75. The highest BCUT2D eigenvalue weighted by Gasteiger charge is 2.38. The Morgan fingerprint density at radius 3 is 2.77 bits per heavy atom. The number of rotatable bonds is 4. The molecule has 0 radical (unpaired) electrons. The lowest BCUT2D eigenvalue weighted by Gasteiger charge is -2.33. The third-order valence-corrected chi connectivity index (χ3v) is 6.00. The Kier molecular flexibility index (Phi) is 4.37. The van der Waals surface area contributed by atoms with Crippen molar-refractivity contribution in [2.45, 2.75) is 50.5 Å². The molecule has 26 heavy (non-hydrogen) atoms. The van der Waals surface area contributed by atoms with Crippen molar-refractivity contribution < 1.29 is 9.50 Å². The van der Waals surface area contributed by atoms with Crippen LogP contribution in [0.4, 0.5) is 4.39 Å². The van der Waals surface area contributed by atoms with Crippen molar-refractivity contribution in [2.75, 3.05) is 19.7 Å². The van der Waals surface area contributed by atoms with Gasteiger partial charge in [0.2, 0.25) is 0 Å². The Morgan fingerprint density at radius 1 is 1.38 bits per heavy atom. The van der Waals surface area contributed by atoms with Crippen molar-refractivity contribution >= 4 is 11.6 Å². The first kappa shape index (κ1) is 17.6. The minimum Gasteiger partial charge on any atom is -0.395 e. The summed E-state index contributed by atoms with van der Waals surface area (Å²) in [4.78, 5) is 29.0. The number of fused-ring (bicyclic) bond motifs is 1. The van der Waals surface area contributed by atoms with E-state index in [9.17, 15) is 14.7 Å². The van der Waals surface area contributed by atoms with Gasteiger partial charge >= 0.3 is 5.69 Å². The number of aromatic amines is 1. The largest absolute Gasteiger partial charge is 0.395 e. The molecule has 4 rings (SSSR count). The lowest BCUT2D eigenvalue weighted by Crippen LogP contribution is -2.60. The van der Waals surface area contributed by atoms with Crippen LogP contribution in [-0.2, 0) is 0 Å². The number of aliphatic hydroxyl groups is 1. The number of nitrogens with one attached hydrogen (secondary N) is 1. The molecule has 2 aliphatic carbocycles. The summed E-state index contributed by atoms with van der Waals surface area (Å²) in [6, 6.07) is -0.738. The summed E-state index contributed by atoms with van der Waals surface area (Å²) in [6.07, 6.45) is 2.62. The summed E-state index contributed by atoms with van der Waals surface area (Å²) in [5, 5.41) is 10.1. The van der Waals surface area contributed by atoms with Crippen molar-refractivity contribution in [3.8, 4) is 0 Å². The number of hydrogen-bond acceptors (Lipinski definition) is 5. The van der Waals surface area contributed by atoms with Gasteiger partial charge in [0.15, 0.2) is 0 Å². The first-order valence-corrected chi connectivity index (χ1v) is 9.24. The first-order chi connectivity index (χ1) is 12.4. The molecule has 4 N–H and O–H groups in total. The van der Waals surface area contributed by atoms with Gasteiger partial charge in [-0.15, -0.1) is 0 Å². The van der Waals surface area contributed by atoms with Crippen LogP contribution in [0.1, 0.15) is 32.2 Å². The molecule has 8 heteroatoms. The number of likely N-dealkylation sites (tertiary alicyclic amines) is 1. The minimum atomic E-state index is -1.32. The van der Waals surface area contributed by atoms with Gasteiger partial charge in [-0.3, -0.25) is 19.2 Å². The van der Waals surface area contributed by atoms with Gasteiger partial charge in [-0.1, -0.05) is 0 Å². The van der Waals surface area contributed by atoms with E-state index in [0.717, 1.165) is 24.8 Å². The fourth-order valence-electron chi connectivity index (χ4n) is 4.47. The van der Waals surface area contributed by atoms with Crippen molar-refractivity contribution in [2.24, 2.45) is 11.7 Å². The van der Waals surface area contributed by atoms with Crippen molar-refractivity contribution in [3.63, 3.8) is 0 Å². The van der Waals surface area contributed by atoms with Crippen LogP contribution in [0.2, 0.25) is 0 Å². The number of aliphatic hydroxyl groups excluding tert-OH is 1. The Balaban J connectivity index is 1.82. The summed E-state index contributed by atoms with van der Waals surface area (Å²) in [6.45, 7) is 3.02. The highest BCUT2D eigenvalue weighted by molar-refractivity contribution is 5.56. The number of hydrogen-bond donors (Lipinski definition) is 3. The minimum absolute atomic E-state index is 0.0856. The van der Waals surface area contributed by atoms with Crippen LogP contribution in [-0.4, -0.2) is 57.5 Å². The summed E-state index contributed by atoms with van der Waals surface area (Å²) >= 11 is 0. The van der Waals surface area contributed by atoms with Gasteiger partial charge in [0.25, 0.3) is 5.56 Å². The average molecular weight is 364 g/mol. The zero-order valence-corrected chi connectivity index (χ0v) is 14.8. The van der Waals surface area contributed by atoms with Gasteiger partial charge in [-0.05, 0) is 50.3 Å². The lowest BCUT2D eigenvalue weighted by atomic mass is 9.95. The Bertz CT molecular complexity index is 949. The predicted molar refractivity (Wildman–Crippen MR) is 95.8 cm³/mol. The Morgan fingerprint density at radius 2 is 2.12 bits per heavy atom. The molecular weight excluding hydrogens is 339 g/mol. The Hall–Kier alpha value is -1.77. The van der Waals surface area contributed by atoms with Crippen LogP contribution in [0.15, 0.2) is 9.59 Å². The highest BCUT2D eigenvalue weighted by Crippen LogP contribution is 2.33. The molecule has 4 atom stereocenters. The molecule has 142 valence electrons. The van der Waals surface area contributed by atoms with Crippen LogP contribution in [0.5, 0.6) is 0 Å². The molecule has 4 unspecified atom stereocenters. The highest BCUT2D eigenvalue weighted by atomic mass is 19.1. The first-order valence-electron chi connectivity index (χ1n) is 9.24. The van der Waals surface area contributed by atoms with E-state index in [0.29, 0.717) is 18.4 Å². The molecule has 1 aromatic rings. The quantitative estimate of drug-likeness (QED) is 0.584. The molecule has 1 aliphatic heterocycles. The molecule has 0 aromatic carbocycles. The second-order valence-electron chi connectivity index (χ2n) is 7.75. The second kappa shape index (κ2) is 6.44. The molecule has 1 saturated heterocycles. The van der Waals surface area contributed by atoms with E-state index < -0.39 is 23.5 Å². The molecular formula is C18H25FN4O3. The molecule has 0 spiro atoms. The molecule has 2 heterocycles. The predicted octanol–water partition coefficient (Wildman–Crippen LogP) is -1.82. The topological polar surface area (TPSA) is 104 Å².